The summed E-state index contributed by atoms with van der Waals surface area (Å²) in [7, 11) is 0. The van der Waals surface area contributed by atoms with Crippen LogP contribution in [0.4, 0.5) is 0 Å². The number of piperidine rings is 1. The van der Waals surface area contributed by atoms with Gasteiger partial charge in [0.05, 0.1) is 0 Å². The van der Waals surface area contributed by atoms with Crippen LogP contribution in [0.5, 0.6) is 0 Å². The van der Waals surface area contributed by atoms with Crippen molar-refractivity contribution in [2.45, 2.75) is 44.9 Å². The van der Waals surface area contributed by atoms with Gasteiger partial charge in [0.1, 0.15) is 0 Å². The molecule has 2 saturated carbocycles. The maximum Gasteiger partial charge on any atom is 0.226 e. The van der Waals surface area contributed by atoms with Crippen molar-refractivity contribution in [3.05, 3.63) is 0 Å². The van der Waals surface area contributed by atoms with Crippen molar-refractivity contribution in [2.24, 2.45) is 29.4 Å². The number of rotatable bonds is 3. The van der Waals surface area contributed by atoms with Crippen LogP contribution in [0.1, 0.15) is 44.9 Å². The topological polar surface area (TPSA) is 46.3 Å². The molecule has 3 heteroatoms. The molecule has 0 spiro atoms. The summed E-state index contributed by atoms with van der Waals surface area (Å²) in [6.07, 6.45) is 8.84. The molecule has 3 aliphatic rings. The van der Waals surface area contributed by atoms with Crippen LogP contribution in [-0.2, 0) is 4.79 Å². The average molecular weight is 250 g/mol. The van der Waals surface area contributed by atoms with Crippen LogP contribution in [0.3, 0.4) is 0 Å². The molecule has 0 aromatic carbocycles. The minimum Gasteiger partial charge on any atom is -0.342 e. The summed E-state index contributed by atoms with van der Waals surface area (Å²) in [4.78, 5) is 14.7. The SMILES string of the molecule is NCCC1CCCN(C(=O)C2C3CCCCC32)C1. The minimum absolute atomic E-state index is 0.407. The third kappa shape index (κ3) is 2.29. The Kier molecular flexibility index (Phi) is 3.60. The fourth-order valence-corrected chi connectivity index (χ4v) is 4.31. The number of carbonyl (C=O) groups is 1. The van der Waals surface area contributed by atoms with Crippen molar-refractivity contribution in [2.75, 3.05) is 19.6 Å². The normalized spacial score (nSPS) is 39.3. The largest absolute Gasteiger partial charge is 0.342 e. The lowest BCUT2D eigenvalue weighted by Crippen LogP contribution is -2.41. The Labute approximate surface area is 110 Å². The number of fused-ring (bicyclic) bond motifs is 1. The highest BCUT2D eigenvalue weighted by molar-refractivity contribution is 5.82. The molecular weight excluding hydrogens is 224 g/mol. The lowest BCUT2D eigenvalue weighted by Gasteiger charge is -2.33. The highest BCUT2D eigenvalue weighted by atomic mass is 16.2. The van der Waals surface area contributed by atoms with Crippen LogP contribution >= 0.6 is 0 Å². The van der Waals surface area contributed by atoms with E-state index in [9.17, 15) is 4.79 Å². The van der Waals surface area contributed by atoms with E-state index in [1.165, 1.54) is 38.5 Å². The Morgan fingerprint density at radius 2 is 1.83 bits per heavy atom. The summed E-state index contributed by atoms with van der Waals surface area (Å²) < 4.78 is 0. The summed E-state index contributed by atoms with van der Waals surface area (Å²) in [5.41, 5.74) is 5.65. The molecule has 18 heavy (non-hydrogen) atoms. The Morgan fingerprint density at radius 1 is 1.11 bits per heavy atom. The third-order valence-corrected chi connectivity index (χ3v) is 5.35. The van der Waals surface area contributed by atoms with Gasteiger partial charge < -0.3 is 10.6 Å². The second-order valence-corrected chi connectivity index (χ2v) is 6.51. The van der Waals surface area contributed by atoms with Crippen molar-refractivity contribution in [3.8, 4) is 0 Å². The molecule has 3 fully saturated rings. The maximum absolute atomic E-state index is 12.6. The average Bonchev–Trinajstić information content (AvgIpc) is 3.13. The van der Waals surface area contributed by atoms with E-state index < -0.39 is 0 Å². The molecule has 2 aliphatic carbocycles. The van der Waals surface area contributed by atoms with Gasteiger partial charge in [0.2, 0.25) is 5.91 Å². The Morgan fingerprint density at radius 3 is 2.50 bits per heavy atom. The van der Waals surface area contributed by atoms with Crippen molar-refractivity contribution in [1.82, 2.24) is 4.90 Å². The van der Waals surface area contributed by atoms with Crippen LogP contribution in [-0.4, -0.2) is 30.4 Å². The fraction of sp³-hybridized carbons (Fsp3) is 0.933. The predicted molar refractivity (Wildman–Crippen MR) is 71.9 cm³/mol. The molecule has 2 N–H and O–H groups in total. The number of nitrogens with zero attached hydrogens (tertiary/aromatic N) is 1. The molecule has 1 saturated heterocycles. The lowest BCUT2D eigenvalue weighted by molar-refractivity contribution is -0.135. The van der Waals surface area contributed by atoms with Crippen LogP contribution in [0.15, 0.2) is 0 Å². The standard InChI is InChI=1S/C15H26N2O/c16-8-7-11-4-3-9-17(10-11)15(18)14-12-5-1-2-6-13(12)14/h11-14H,1-10,16H2. The molecule has 3 nitrogen and oxygen atoms in total. The van der Waals surface area contributed by atoms with Gasteiger partial charge in [-0.25, -0.2) is 0 Å². The molecule has 102 valence electrons. The monoisotopic (exact) mass is 250 g/mol. The van der Waals surface area contributed by atoms with Gasteiger partial charge >= 0.3 is 0 Å². The fourth-order valence-electron chi connectivity index (χ4n) is 4.31. The number of carbonyl (C=O) groups excluding carboxylic acids is 1. The molecule has 3 rings (SSSR count). The van der Waals surface area contributed by atoms with E-state index in [2.05, 4.69) is 4.90 Å². The van der Waals surface area contributed by atoms with Crippen LogP contribution < -0.4 is 5.73 Å². The number of hydrogen-bond acceptors (Lipinski definition) is 2. The number of nitrogens with two attached hydrogens (primary N) is 1. The molecule has 3 atom stereocenters. The maximum atomic E-state index is 12.6. The molecular formula is C15H26N2O. The van der Waals surface area contributed by atoms with Gasteiger partial charge in [0.25, 0.3) is 0 Å². The van der Waals surface area contributed by atoms with Gasteiger partial charge in [-0.1, -0.05) is 12.8 Å². The van der Waals surface area contributed by atoms with E-state index in [1.807, 2.05) is 0 Å². The van der Waals surface area contributed by atoms with Gasteiger partial charge in [0, 0.05) is 19.0 Å². The van der Waals surface area contributed by atoms with Gasteiger partial charge in [-0.05, 0) is 56.4 Å². The Balaban J connectivity index is 1.56. The summed E-state index contributed by atoms with van der Waals surface area (Å²) >= 11 is 0. The van der Waals surface area contributed by atoms with E-state index in [0.717, 1.165) is 37.9 Å². The molecule has 0 aromatic rings. The summed E-state index contributed by atoms with van der Waals surface area (Å²) in [6.45, 7) is 2.74. The van der Waals surface area contributed by atoms with E-state index in [4.69, 9.17) is 5.73 Å². The number of amides is 1. The van der Waals surface area contributed by atoms with Crippen LogP contribution in [0, 0.1) is 23.7 Å². The first-order valence-corrected chi connectivity index (χ1v) is 7.80. The zero-order valence-corrected chi connectivity index (χ0v) is 11.3. The smallest absolute Gasteiger partial charge is 0.226 e. The minimum atomic E-state index is 0.407. The lowest BCUT2D eigenvalue weighted by atomic mass is 9.94. The quantitative estimate of drug-likeness (QED) is 0.833. The van der Waals surface area contributed by atoms with Crippen LogP contribution in [0.25, 0.3) is 0 Å². The van der Waals surface area contributed by atoms with Gasteiger partial charge in [-0.15, -0.1) is 0 Å². The summed E-state index contributed by atoms with van der Waals surface area (Å²) in [5, 5.41) is 0. The molecule has 0 radical (unpaired) electrons. The van der Waals surface area contributed by atoms with E-state index in [0.29, 0.717) is 17.7 Å². The van der Waals surface area contributed by atoms with Gasteiger partial charge in [-0.3, -0.25) is 4.79 Å². The molecule has 1 heterocycles. The Hall–Kier alpha value is -0.570. The predicted octanol–water partition coefficient (Wildman–Crippen LogP) is 2.01. The molecule has 1 aliphatic heterocycles. The summed E-state index contributed by atoms with van der Waals surface area (Å²) in [6, 6.07) is 0. The van der Waals surface area contributed by atoms with E-state index in [-0.39, 0.29) is 0 Å². The Bertz CT molecular complexity index is 304. The van der Waals surface area contributed by atoms with Gasteiger partial charge in [0.15, 0.2) is 0 Å². The first kappa shape index (κ1) is 12.5. The molecule has 1 amide bonds. The van der Waals surface area contributed by atoms with Crippen LogP contribution in [0.2, 0.25) is 0 Å². The van der Waals surface area contributed by atoms with E-state index in [1.54, 1.807) is 0 Å². The second-order valence-electron chi connectivity index (χ2n) is 6.51. The molecule has 0 aromatic heterocycles. The van der Waals surface area contributed by atoms with Crippen molar-refractivity contribution < 1.29 is 4.79 Å². The first-order valence-electron chi connectivity index (χ1n) is 7.80. The summed E-state index contributed by atoms with van der Waals surface area (Å²) in [5.74, 6) is 3.05. The van der Waals surface area contributed by atoms with Crippen molar-refractivity contribution in [1.29, 1.82) is 0 Å². The van der Waals surface area contributed by atoms with E-state index >= 15 is 0 Å². The third-order valence-electron chi connectivity index (χ3n) is 5.35. The van der Waals surface area contributed by atoms with Crippen molar-refractivity contribution in [3.63, 3.8) is 0 Å². The van der Waals surface area contributed by atoms with Crippen molar-refractivity contribution >= 4 is 5.91 Å². The zero-order chi connectivity index (χ0) is 12.5. The number of hydrogen-bond donors (Lipinski definition) is 1. The molecule has 0 bridgehead atoms. The second kappa shape index (κ2) is 5.20. The first-order chi connectivity index (χ1) is 8.81. The highest BCUT2D eigenvalue weighted by Crippen LogP contribution is 2.56. The highest BCUT2D eigenvalue weighted by Gasteiger charge is 2.55. The number of likely N-dealkylation sites (tertiary alicyclic amines) is 1. The zero-order valence-electron chi connectivity index (χ0n) is 11.3. The van der Waals surface area contributed by atoms with Gasteiger partial charge in [-0.2, -0.15) is 0 Å². The molecule has 3 unspecified atom stereocenters.